The van der Waals surface area contributed by atoms with Gasteiger partial charge >= 0.3 is 0 Å². The van der Waals surface area contributed by atoms with E-state index in [9.17, 15) is 20.4 Å². The number of likely N-dealkylation sites (N-methyl/N-ethyl adjacent to an activating group) is 1. The van der Waals surface area contributed by atoms with Crippen LogP contribution in [0, 0.1) is 0 Å². The third-order valence-electron chi connectivity index (χ3n) is 6.22. The number of aliphatic hydroxyl groups is 4. The quantitative estimate of drug-likeness (QED) is 0.518. The zero-order chi connectivity index (χ0) is 23.0. The van der Waals surface area contributed by atoms with Gasteiger partial charge in [0.15, 0.2) is 0 Å². The second-order valence-electron chi connectivity index (χ2n) is 8.19. The highest BCUT2D eigenvalue weighted by molar-refractivity contribution is 6.31. The maximum Gasteiger partial charge on any atom is 0.224 e. The first kappa shape index (κ1) is 23.3. The summed E-state index contributed by atoms with van der Waals surface area (Å²) < 4.78 is 17.1. The molecule has 9 heteroatoms. The fourth-order valence-electron chi connectivity index (χ4n) is 4.33. The summed E-state index contributed by atoms with van der Waals surface area (Å²) in [7, 11) is 3.35. The Balaban J connectivity index is 1.68. The molecule has 0 saturated carbocycles. The molecule has 1 saturated heterocycles. The monoisotopic (exact) mass is 465 g/mol. The van der Waals surface area contributed by atoms with Crippen LogP contribution in [0.4, 0.5) is 5.69 Å². The highest BCUT2D eigenvalue weighted by Gasteiger charge is 2.55. The van der Waals surface area contributed by atoms with E-state index in [0.717, 1.165) is 29.1 Å². The number of rotatable bonds is 5. The lowest BCUT2D eigenvalue weighted by Crippen LogP contribution is -2.64. The molecule has 32 heavy (non-hydrogen) atoms. The molecule has 2 heterocycles. The Kier molecular flexibility index (Phi) is 6.65. The van der Waals surface area contributed by atoms with E-state index in [-0.39, 0.29) is 0 Å². The molecule has 8 nitrogen and oxygen atoms in total. The summed E-state index contributed by atoms with van der Waals surface area (Å²) in [6.45, 7) is 0.895. The SMILES string of the molecule is CO[C@@]1(c2ccc(Cl)c(Cc3ccc4c(c3)OCCN4C)c2)O[C@H](CO)[C@@H](O)[C@H](O)[C@H]1O. The Morgan fingerprint density at radius 1 is 1.16 bits per heavy atom. The molecule has 0 bridgehead atoms. The maximum atomic E-state index is 10.7. The van der Waals surface area contributed by atoms with Crippen LogP contribution in [0.15, 0.2) is 36.4 Å². The Labute approximate surface area is 191 Å². The van der Waals surface area contributed by atoms with Crippen LogP contribution in [0.2, 0.25) is 5.02 Å². The summed E-state index contributed by atoms with van der Waals surface area (Å²) in [5.41, 5.74) is 3.17. The number of benzene rings is 2. The number of hydrogen-bond acceptors (Lipinski definition) is 8. The lowest BCUT2D eigenvalue weighted by Gasteiger charge is -2.47. The zero-order valence-electron chi connectivity index (χ0n) is 17.9. The van der Waals surface area contributed by atoms with Crippen LogP contribution in [-0.4, -0.2) is 78.8 Å². The van der Waals surface area contributed by atoms with Crippen molar-refractivity contribution >= 4 is 17.3 Å². The topological polar surface area (TPSA) is 112 Å². The molecule has 174 valence electrons. The molecule has 4 rings (SSSR count). The Morgan fingerprint density at radius 2 is 1.94 bits per heavy atom. The molecule has 0 amide bonds. The Hall–Kier alpha value is -1.91. The summed E-state index contributed by atoms with van der Waals surface area (Å²) in [6.07, 6.45) is -5.28. The minimum atomic E-state index is -1.78. The summed E-state index contributed by atoms with van der Waals surface area (Å²) in [4.78, 5) is 2.14. The van der Waals surface area contributed by atoms with Crippen molar-refractivity contribution in [2.45, 2.75) is 36.6 Å². The average Bonchev–Trinajstić information content (AvgIpc) is 2.80. The minimum absolute atomic E-state index is 0.408. The molecular formula is C23H28ClNO7. The number of nitrogens with zero attached hydrogens (tertiary/aromatic N) is 1. The first-order valence-electron chi connectivity index (χ1n) is 10.4. The van der Waals surface area contributed by atoms with Crippen LogP contribution in [0.1, 0.15) is 16.7 Å². The van der Waals surface area contributed by atoms with Gasteiger partial charge in [-0.15, -0.1) is 0 Å². The van der Waals surface area contributed by atoms with Gasteiger partial charge in [0.2, 0.25) is 5.79 Å². The summed E-state index contributed by atoms with van der Waals surface area (Å²) in [6, 6.07) is 11.0. The molecule has 0 spiro atoms. The van der Waals surface area contributed by atoms with Crippen molar-refractivity contribution in [2.24, 2.45) is 0 Å². The molecule has 0 aliphatic carbocycles. The molecule has 1 fully saturated rings. The standard InChI is InChI=1S/C23H28ClNO7/c1-25-7-8-31-18-10-13(3-6-17(18)25)9-14-11-15(4-5-16(14)24)23(30-2)22(29)21(28)20(27)19(12-26)32-23/h3-6,10-11,19-22,26-29H,7-9,12H2,1-2H3/t19-,20-,21+,22-,23+/m1/s1. The van der Waals surface area contributed by atoms with Crippen molar-refractivity contribution in [3.05, 3.63) is 58.1 Å². The number of halogens is 1. The van der Waals surface area contributed by atoms with Crippen LogP contribution in [0.3, 0.4) is 0 Å². The first-order valence-corrected chi connectivity index (χ1v) is 10.8. The summed E-state index contributed by atoms with van der Waals surface area (Å²) >= 11 is 6.47. The van der Waals surface area contributed by atoms with E-state index in [4.69, 9.17) is 25.8 Å². The van der Waals surface area contributed by atoms with Gasteiger partial charge in [0.25, 0.3) is 0 Å². The Morgan fingerprint density at radius 3 is 2.66 bits per heavy atom. The predicted octanol–water partition coefficient (Wildman–Crippen LogP) is 1.03. The van der Waals surface area contributed by atoms with E-state index in [1.807, 2.05) is 25.2 Å². The van der Waals surface area contributed by atoms with Crippen LogP contribution in [0.5, 0.6) is 5.75 Å². The normalized spacial score (nSPS) is 30.0. The number of ether oxygens (including phenoxy) is 3. The molecule has 2 aromatic rings. The number of methoxy groups -OCH3 is 1. The van der Waals surface area contributed by atoms with Gasteiger partial charge in [-0.2, -0.15) is 0 Å². The zero-order valence-corrected chi connectivity index (χ0v) is 18.7. The molecule has 5 atom stereocenters. The van der Waals surface area contributed by atoms with Gasteiger partial charge in [-0.3, -0.25) is 0 Å². The second-order valence-corrected chi connectivity index (χ2v) is 8.60. The first-order chi connectivity index (χ1) is 15.3. The van der Waals surface area contributed by atoms with Crippen molar-refractivity contribution in [1.29, 1.82) is 0 Å². The van der Waals surface area contributed by atoms with Crippen LogP contribution >= 0.6 is 11.6 Å². The van der Waals surface area contributed by atoms with Gasteiger partial charge in [-0.05, 0) is 41.8 Å². The van der Waals surface area contributed by atoms with Gasteiger partial charge < -0.3 is 39.5 Å². The molecule has 0 aromatic heterocycles. The largest absolute Gasteiger partial charge is 0.490 e. The van der Waals surface area contributed by atoms with Gasteiger partial charge in [0.05, 0.1) is 18.8 Å². The van der Waals surface area contributed by atoms with Crippen LogP contribution in [-0.2, 0) is 21.7 Å². The minimum Gasteiger partial charge on any atom is -0.490 e. The van der Waals surface area contributed by atoms with Crippen LogP contribution < -0.4 is 9.64 Å². The van der Waals surface area contributed by atoms with Crippen molar-refractivity contribution in [3.8, 4) is 5.75 Å². The van der Waals surface area contributed by atoms with Crippen molar-refractivity contribution < 1.29 is 34.6 Å². The fourth-order valence-corrected chi connectivity index (χ4v) is 4.51. The second kappa shape index (κ2) is 9.15. The van der Waals surface area contributed by atoms with Gasteiger partial charge in [-0.25, -0.2) is 0 Å². The number of hydrogen-bond donors (Lipinski definition) is 4. The van der Waals surface area contributed by atoms with E-state index < -0.39 is 36.8 Å². The average molecular weight is 466 g/mol. The van der Waals surface area contributed by atoms with Gasteiger partial charge in [0.1, 0.15) is 36.8 Å². The third-order valence-corrected chi connectivity index (χ3v) is 6.58. The highest BCUT2D eigenvalue weighted by atomic mass is 35.5. The van der Waals surface area contributed by atoms with Gasteiger partial charge in [-0.1, -0.05) is 23.7 Å². The molecule has 2 aromatic carbocycles. The Bertz CT molecular complexity index is 971. The number of anilines is 1. The van der Waals surface area contributed by atoms with E-state index in [2.05, 4.69) is 4.90 Å². The van der Waals surface area contributed by atoms with E-state index in [1.165, 1.54) is 7.11 Å². The van der Waals surface area contributed by atoms with Crippen molar-refractivity contribution in [1.82, 2.24) is 0 Å². The molecule has 0 unspecified atom stereocenters. The van der Waals surface area contributed by atoms with Gasteiger partial charge in [0, 0.05) is 24.7 Å². The lowest BCUT2D eigenvalue weighted by molar-refractivity contribution is -0.366. The molecule has 0 radical (unpaired) electrons. The smallest absolute Gasteiger partial charge is 0.224 e. The highest BCUT2D eigenvalue weighted by Crippen LogP contribution is 2.41. The third kappa shape index (κ3) is 3.97. The van der Waals surface area contributed by atoms with Crippen molar-refractivity contribution in [2.75, 3.05) is 38.8 Å². The molecule has 2 aliphatic heterocycles. The fraction of sp³-hybridized carbons (Fsp3) is 0.478. The summed E-state index contributed by atoms with van der Waals surface area (Å²) in [5.74, 6) is -0.974. The van der Waals surface area contributed by atoms with E-state index in [1.54, 1.807) is 18.2 Å². The molecule has 2 aliphatic rings. The lowest BCUT2D eigenvalue weighted by atomic mass is 9.87. The predicted molar refractivity (Wildman–Crippen MR) is 118 cm³/mol. The molecular weight excluding hydrogens is 438 g/mol. The number of aliphatic hydroxyl groups excluding tert-OH is 4. The number of fused-ring (bicyclic) bond motifs is 1. The van der Waals surface area contributed by atoms with E-state index >= 15 is 0 Å². The van der Waals surface area contributed by atoms with Crippen LogP contribution in [0.25, 0.3) is 0 Å². The summed E-state index contributed by atoms with van der Waals surface area (Å²) in [5, 5.41) is 41.3. The maximum absolute atomic E-state index is 10.7. The van der Waals surface area contributed by atoms with E-state index in [0.29, 0.717) is 23.6 Å². The molecule has 4 N–H and O–H groups in total. The van der Waals surface area contributed by atoms with Crippen molar-refractivity contribution in [3.63, 3.8) is 0 Å².